The van der Waals surface area contributed by atoms with Gasteiger partial charge in [-0.3, -0.25) is 0 Å². The third-order valence-electron chi connectivity index (χ3n) is 2.53. The maximum absolute atomic E-state index is 4.17. The van der Waals surface area contributed by atoms with E-state index in [9.17, 15) is 0 Å². The molecule has 0 aliphatic carbocycles. The van der Waals surface area contributed by atoms with E-state index in [0.29, 0.717) is 5.82 Å². The van der Waals surface area contributed by atoms with Crippen LogP contribution in [0, 0.1) is 6.92 Å². The highest BCUT2D eigenvalue weighted by Gasteiger charge is 1.95. The van der Waals surface area contributed by atoms with E-state index in [0.717, 1.165) is 16.9 Å². The van der Waals surface area contributed by atoms with Crippen LogP contribution in [0.25, 0.3) is 0 Å². The van der Waals surface area contributed by atoms with E-state index in [2.05, 4.69) is 15.2 Å². The summed E-state index contributed by atoms with van der Waals surface area (Å²) in [6.45, 7) is 1.99. The van der Waals surface area contributed by atoms with Crippen molar-refractivity contribution in [3.05, 3.63) is 48.2 Å². The monoisotopic (exact) mass is 240 g/mol. The summed E-state index contributed by atoms with van der Waals surface area (Å²) in [7, 11) is 4.01. The lowest BCUT2D eigenvalue weighted by Crippen LogP contribution is -2.07. The lowest BCUT2D eigenvalue weighted by atomic mass is 10.3. The Morgan fingerprint density at radius 3 is 2.22 bits per heavy atom. The molecule has 0 aliphatic rings. The number of rotatable bonds is 3. The van der Waals surface area contributed by atoms with Crippen LogP contribution in [-0.2, 0) is 0 Å². The number of benzene rings is 1. The lowest BCUT2D eigenvalue weighted by Gasteiger charge is -2.11. The van der Waals surface area contributed by atoms with Gasteiger partial charge in [-0.2, -0.15) is 0 Å². The molecule has 1 aromatic carbocycles. The Kier molecular flexibility index (Phi) is 3.67. The summed E-state index contributed by atoms with van der Waals surface area (Å²) in [5.41, 5.74) is 3.08. The summed E-state index contributed by atoms with van der Waals surface area (Å²) in [5, 5.41) is 8.24. The average Bonchev–Trinajstić information content (AvgIpc) is 2.38. The smallest absolute Gasteiger partial charge is 0.174 e. The molecule has 0 fully saturated rings. The molecule has 0 radical (unpaired) electrons. The molecule has 0 unspecified atom stereocenters. The first-order valence-electron chi connectivity index (χ1n) is 5.77. The largest absolute Gasteiger partial charge is 0.378 e. The van der Waals surface area contributed by atoms with Crippen LogP contribution in [0.15, 0.2) is 52.8 Å². The van der Waals surface area contributed by atoms with Gasteiger partial charge < -0.3 is 4.90 Å². The summed E-state index contributed by atoms with van der Waals surface area (Å²) in [5.74, 6) is 0.622. The standard InChI is InChI=1S/C14H16N4/c1-11-4-9-14(15-10-11)17-16-12-5-7-13(8-6-12)18(2)3/h4-10H,1-3H3. The van der Waals surface area contributed by atoms with Crippen LogP contribution in [0.5, 0.6) is 0 Å². The fraction of sp³-hybridized carbons (Fsp3) is 0.214. The van der Waals surface area contributed by atoms with Gasteiger partial charge in [0.25, 0.3) is 0 Å². The number of hydrogen-bond acceptors (Lipinski definition) is 4. The summed E-state index contributed by atoms with van der Waals surface area (Å²) in [6.07, 6.45) is 1.78. The highest BCUT2D eigenvalue weighted by atomic mass is 15.1. The molecular weight excluding hydrogens is 224 g/mol. The first-order valence-corrected chi connectivity index (χ1v) is 5.77. The minimum atomic E-state index is 0.622. The fourth-order valence-electron chi connectivity index (χ4n) is 1.45. The minimum absolute atomic E-state index is 0.622. The quantitative estimate of drug-likeness (QED) is 0.764. The van der Waals surface area contributed by atoms with Crippen molar-refractivity contribution in [2.24, 2.45) is 10.2 Å². The van der Waals surface area contributed by atoms with Crippen LogP contribution in [0.2, 0.25) is 0 Å². The number of pyridine rings is 1. The second-order valence-electron chi connectivity index (χ2n) is 4.30. The van der Waals surface area contributed by atoms with Gasteiger partial charge in [0.1, 0.15) is 0 Å². The lowest BCUT2D eigenvalue weighted by molar-refractivity contribution is 1.12. The molecule has 0 saturated carbocycles. The zero-order valence-electron chi connectivity index (χ0n) is 10.8. The van der Waals surface area contributed by atoms with Crippen molar-refractivity contribution in [1.29, 1.82) is 0 Å². The molecule has 2 aromatic rings. The second-order valence-corrected chi connectivity index (χ2v) is 4.30. The molecule has 1 aromatic heterocycles. The first kappa shape index (κ1) is 12.2. The zero-order chi connectivity index (χ0) is 13.0. The topological polar surface area (TPSA) is 40.9 Å². The number of aryl methyl sites for hydroxylation is 1. The van der Waals surface area contributed by atoms with E-state index in [1.54, 1.807) is 6.20 Å². The Labute approximate surface area is 107 Å². The van der Waals surface area contributed by atoms with Gasteiger partial charge in [-0.15, -0.1) is 10.2 Å². The highest BCUT2D eigenvalue weighted by molar-refractivity contribution is 5.51. The van der Waals surface area contributed by atoms with E-state index in [1.165, 1.54) is 0 Å². The van der Waals surface area contributed by atoms with E-state index in [1.807, 2.05) is 62.3 Å². The van der Waals surface area contributed by atoms with Crippen LogP contribution >= 0.6 is 0 Å². The Bertz CT molecular complexity index is 527. The maximum atomic E-state index is 4.17. The predicted octanol–water partition coefficient (Wildman–Crippen LogP) is 3.87. The molecule has 0 N–H and O–H groups in total. The van der Waals surface area contributed by atoms with Crippen molar-refractivity contribution in [3.8, 4) is 0 Å². The number of hydrogen-bond donors (Lipinski definition) is 0. The third kappa shape index (κ3) is 3.13. The molecule has 0 atom stereocenters. The predicted molar refractivity (Wildman–Crippen MR) is 73.9 cm³/mol. The van der Waals surface area contributed by atoms with E-state index >= 15 is 0 Å². The highest BCUT2D eigenvalue weighted by Crippen LogP contribution is 2.20. The Balaban J connectivity index is 2.11. The molecule has 0 spiro atoms. The van der Waals surface area contributed by atoms with Gasteiger partial charge in [-0.1, -0.05) is 6.07 Å². The van der Waals surface area contributed by atoms with Gasteiger partial charge in [-0.05, 0) is 42.8 Å². The Morgan fingerprint density at radius 2 is 1.67 bits per heavy atom. The van der Waals surface area contributed by atoms with Crippen molar-refractivity contribution in [2.75, 3.05) is 19.0 Å². The molecular formula is C14H16N4. The van der Waals surface area contributed by atoms with E-state index in [-0.39, 0.29) is 0 Å². The molecule has 4 nitrogen and oxygen atoms in total. The van der Waals surface area contributed by atoms with Crippen LogP contribution in [0.1, 0.15) is 5.56 Å². The maximum Gasteiger partial charge on any atom is 0.174 e. The number of azo groups is 1. The van der Waals surface area contributed by atoms with E-state index in [4.69, 9.17) is 0 Å². The fourth-order valence-corrected chi connectivity index (χ4v) is 1.45. The number of nitrogens with zero attached hydrogens (tertiary/aromatic N) is 4. The number of anilines is 1. The Hall–Kier alpha value is -2.23. The second kappa shape index (κ2) is 5.40. The van der Waals surface area contributed by atoms with Gasteiger partial charge in [0, 0.05) is 26.0 Å². The summed E-state index contributed by atoms with van der Waals surface area (Å²) in [6, 6.07) is 11.7. The summed E-state index contributed by atoms with van der Waals surface area (Å²) >= 11 is 0. The van der Waals surface area contributed by atoms with Gasteiger partial charge in [-0.25, -0.2) is 4.98 Å². The molecule has 2 rings (SSSR count). The van der Waals surface area contributed by atoms with Crippen molar-refractivity contribution in [3.63, 3.8) is 0 Å². The van der Waals surface area contributed by atoms with Crippen molar-refractivity contribution < 1.29 is 0 Å². The number of aromatic nitrogens is 1. The average molecular weight is 240 g/mol. The van der Waals surface area contributed by atoms with Gasteiger partial charge >= 0.3 is 0 Å². The van der Waals surface area contributed by atoms with Gasteiger partial charge in [0.2, 0.25) is 0 Å². The first-order chi connectivity index (χ1) is 8.65. The normalized spacial score (nSPS) is 10.8. The SMILES string of the molecule is Cc1ccc(N=Nc2ccc(N(C)C)cc2)nc1. The molecule has 1 heterocycles. The minimum Gasteiger partial charge on any atom is -0.378 e. The summed E-state index contributed by atoms with van der Waals surface area (Å²) in [4.78, 5) is 6.21. The Morgan fingerprint density at radius 1 is 0.944 bits per heavy atom. The van der Waals surface area contributed by atoms with Crippen molar-refractivity contribution >= 4 is 17.2 Å². The third-order valence-corrected chi connectivity index (χ3v) is 2.53. The molecule has 0 amide bonds. The summed E-state index contributed by atoms with van der Waals surface area (Å²) < 4.78 is 0. The molecule has 18 heavy (non-hydrogen) atoms. The van der Waals surface area contributed by atoms with Crippen LogP contribution < -0.4 is 4.90 Å². The van der Waals surface area contributed by atoms with Crippen molar-refractivity contribution in [1.82, 2.24) is 4.98 Å². The van der Waals surface area contributed by atoms with Gasteiger partial charge in [0.15, 0.2) is 5.82 Å². The molecule has 4 heteroatoms. The van der Waals surface area contributed by atoms with Crippen LogP contribution in [0.3, 0.4) is 0 Å². The molecule has 0 aliphatic heterocycles. The van der Waals surface area contributed by atoms with Crippen LogP contribution in [0.4, 0.5) is 17.2 Å². The van der Waals surface area contributed by atoms with E-state index < -0.39 is 0 Å². The molecule has 92 valence electrons. The molecule has 0 bridgehead atoms. The van der Waals surface area contributed by atoms with Crippen molar-refractivity contribution in [2.45, 2.75) is 6.92 Å². The zero-order valence-corrected chi connectivity index (χ0v) is 10.8. The van der Waals surface area contributed by atoms with Gasteiger partial charge in [0.05, 0.1) is 5.69 Å². The van der Waals surface area contributed by atoms with Crippen LogP contribution in [-0.4, -0.2) is 19.1 Å². The molecule has 0 saturated heterocycles.